The largest absolute Gasteiger partial charge is 0.311 e. The van der Waals surface area contributed by atoms with Gasteiger partial charge in [-0.1, -0.05) is 17.7 Å². The predicted octanol–water partition coefficient (Wildman–Crippen LogP) is 1.51. The van der Waals surface area contributed by atoms with Crippen molar-refractivity contribution in [2.75, 3.05) is 0 Å². The summed E-state index contributed by atoms with van der Waals surface area (Å²) >= 11 is 5.96. The van der Waals surface area contributed by atoms with Crippen LogP contribution in [0.1, 0.15) is 11.7 Å². The Bertz CT molecular complexity index is 511. The number of nitriles is 1. The van der Waals surface area contributed by atoms with Crippen LogP contribution in [0.4, 0.5) is 0 Å². The molecule has 0 radical (unpaired) electrons. The number of imidazole rings is 1. The van der Waals surface area contributed by atoms with E-state index < -0.39 is 6.04 Å². The molecule has 0 aliphatic carbocycles. The van der Waals surface area contributed by atoms with Gasteiger partial charge in [-0.05, 0) is 12.1 Å². The molecule has 1 unspecified atom stereocenters. The Morgan fingerprint density at radius 3 is 3.07 bits per heavy atom. The summed E-state index contributed by atoms with van der Waals surface area (Å²) in [7, 11) is 0. The van der Waals surface area contributed by atoms with Crippen LogP contribution in [0.5, 0.6) is 0 Å². The van der Waals surface area contributed by atoms with Crippen LogP contribution in [0.2, 0.25) is 5.15 Å². The fourth-order valence-electron chi connectivity index (χ4n) is 1.30. The number of hydrogen-bond acceptors (Lipinski definition) is 3. The first kappa shape index (κ1) is 9.00. The molecule has 0 aromatic carbocycles. The Balaban J connectivity index is 2.74. The van der Waals surface area contributed by atoms with Crippen LogP contribution < -0.4 is 5.73 Å². The van der Waals surface area contributed by atoms with Gasteiger partial charge >= 0.3 is 0 Å². The highest BCUT2D eigenvalue weighted by Gasteiger charge is 2.12. The molecule has 2 aromatic rings. The molecule has 0 aliphatic rings. The molecule has 2 aromatic heterocycles. The highest BCUT2D eigenvalue weighted by atomic mass is 35.5. The van der Waals surface area contributed by atoms with Gasteiger partial charge < -0.3 is 5.73 Å². The summed E-state index contributed by atoms with van der Waals surface area (Å²) in [5.41, 5.74) is 6.89. The molecule has 0 spiro atoms. The van der Waals surface area contributed by atoms with E-state index in [-0.39, 0.29) is 0 Å². The molecule has 2 rings (SSSR count). The zero-order chi connectivity index (χ0) is 10.1. The monoisotopic (exact) mass is 206 g/mol. The van der Waals surface area contributed by atoms with Crippen LogP contribution in [0.15, 0.2) is 24.4 Å². The minimum absolute atomic E-state index is 0.501. The number of nitrogens with two attached hydrogens (primary N) is 1. The quantitative estimate of drug-likeness (QED) is 0.720. The van der Waals surface area contributed by atoms with E-state index in [1.807, 2.05) is 6.07 Å². The van der Waals surface area contributed by atoms with E-state index in [2.05, 4.69) is 4.98 Å². The Morgan fingerprint density at radius 1 is 1.57 bits per heavy atom. The smallest absolute Gasteiger partial charge is 0.138 e. The second kappa shape index (κ2) is 3.29. The number of pyridine rings is 1. The van der Waals surface area contributed by atoms with E-state index in [1.54, 1.807) is 28.8 Å². The SMILES string of the molecule is N#CC(N)c1cnc2cccc(Cl)n12. The van der Waals surface area contributed by atoms with Crippen molar-refractivity contribution < 1.29 is 0 Å². The van der Waals surface area contributed by atoms with Gasteiger partial charge in [0.15, 0.2) is 0 Å². The lowest BCUT2D eigenvalue weighted by molar-refractivity contribution is 0.858. The lowest BCUT2D eigenvalue weighted by Gasteiger charge is -2.04. The Morgan fingerprint density at radius 2 is 2.36 bits per heavy atom. The first-order chi connectivity index (χ1) is 6.74. The molecule has 0 saturated heterocycles. The lowest BCUT2D eigenvalue weighted by Crippen LogP contribution is -2.10. The molecule has 2 heterocycles. The zero-order valence-electron chi connectivity index (χ0n) is 7.18. The Kier molecular flexibility index (Phi) is 2.12. The number of fused-ring (bicyclic) bond motifs is 1. The second-order valence-corrected chi connectivity index (χ2v) is 3.22. The van der Waals surface area contributed by atoms with Gasteiger partial charge in [0.1, 0.15) is 16.8 Å². The minimum atomic E-state index is -0.704. The molecule has 0 aliphatic heterocycles. The van der Waals surface area contributed by atoms with Gasteiger partial charge in [-0.2, -0.15) is 5.26 Å². The van der Waals surface area contributed by atoms with Crippen molar-refractivity contribution in [1.29, 1.82) is 5.26 Å². The van der Waals surface area contributed by atoms with Crippen LogP contribution in [-0.2, 0) is 0 Å². The van der Waals surface area contributed by atoms with Crippen LogP contribution in [-0.4, -0.2) is 9.38 Å². The average molecular weight is 207 g/mol. The highest BCUT2D eigenvalue weighted by molar-refractivity contribution is 6.29. The molecular weight excluding hydrogens is 200 g/mol. The maximum Gasteiger partial charge on any atom is 0.138 e. The zero-order valence-corrected chi connectivity index (χ0v) is 7.94. The van der Waals surface area contributed by atoms with Crippen LogP contribution >= 0.6 is 11.6 Å². The van der Waals surface area contributed by atoms with Crippen molar-refractivity contribution in [1.82, 2.24) is 9.38 Å². The average Bonchev–Trinajstić information content (AvgIpc) is 2.62. The van der Waals surface area contributed by atoms with E-state index in [1.165, 1.54) is 0 Å². The van der Waals surface area contributed by atoms with Crippen molar-refractivity contribution in [2.45, 2.75) is 6.04 Å². The summed E-state index contributed by atoms with van der Waals surface area (Å²) in [5.74, 6) is 0. The van der Waals surface area contributed by atoms with E-state index in [0.29, 0.717) is 16.5 Å². The van der Waals surface area contributed by atoms with Gasteiger partial charge in [-0.15, -0.1) is 0 Å². The maximum atomic E-state index is 8.70. The predicted molar refractivity (Wildman–Crippen MR) is 52.7 cm³/mol. The van der Waals surface area contributed by atoms with Crippen molar-refractivity contribution in [3.8, 4) is 6.07 Å². The minimum Gasteiger partial charge on any atom is -0.311 e. The third-order valence-electron chi connectivity index (χ3n) is 1.97. The van der Waals surface area contributed by atoms with Crippen molar-refractivity contribution in [3.05, 3.63) is 35.2 Å². The van der Waals surface area contributed by atoms with E-state index in [4.69, 9.17) is 22.6 Å². The van der Waals surface area contributed by atoms with Gasteiger partial charge in [0.2, 0.25) is 0 Å². The summed E-state index contributed by atoms with van der Waals surface area (Å²) in [6.07, 6.45) is 1.56. The summed E-state index contributed by atoms with van der Waals surface area (Å²) < 4.78 is 1.66. The van der Waals surface area contributed by atoms with Crippen molar-refractivity contribution >= 4 is 17.2 Å². The van der Waals surface area contributed by atoms with Crippen molar-refractivity contribution in [3.63, 3.8) is 0 Å². The fourth-order valence-corrected chi connectivity index (χ4v) is 1.56. The van der Waals surface area contributed by atoms with Gasteiger partial charge in [0, 0.05) is 0 Å². The first-order valence-corrected chi connectivity index (χ1v) is 4.39. The summed E-state index contributed by atoms with van der Waals surface area (Å²) in [5, 5.41) is 9.20. The Hall–Kier alpha value is -1.57. The maximum absolute atomic E-state index is 8.70. The molecule has 5 heteroatoms. The topological polar surface area (TPSA) is 67.1 Å². The van der Waals surface area contributed by atoms with E-state index in [0.717, 1.165) is 0 Å². The van der Waals surface area contributed by atoms with Gasteiger partial charge in [-0.3, -0.25) is 4.40 Å². The molecule has 70 valence electrons. The molecule has 0 amide bonds. The van der Waals surface area contributed by atoms with Gasteiger partial charge in [-0.25, -0.2) is 4.98 Å². The molecular formula is C9H7ClN4. The van der Waals surface area contributed by atoms with Gasteiger partial charge in [0.25, 0.3) is 0 Å². The van der Waals surface area contributed by atoms with Crippen LogP contribution in [0.25, 0.3) is 5.65 Å². The second-order valence-electron chi connectivity index (χ2n) is 2.83. The summed E-state index contributed by atoms with van der Waals surface area (Å²) in [4.78, 5) is 4.10. The highest BCUT2D eigenvalue weighted by Crippen LogP contribution is 2.18. The van der Waals surface area contributed by atoms with Crippen LogP contribution in [0.3, 0.4) is 0 Å². The normalized spacial score (nSPS) is 12.6. The number of rotatable bonds is 1. The number of hydrogen-bond donors (Lipinski definition) is 1. The molecule has 0 saturated carbocycles. The molecule has 0 fully saturated rings. The van der Waals surface area contributed by atoms with E-state index >= 15 is 0 Å². The van der Waals surface area contributed by atoms with Crippen molar-refractivity contribution in [2.24, 2.45) is 5.73 Å². The molecule has 0 bridgehead atoms. The molecule has 4 nitrogen and oxygen atoms in total. The van der Waals surface area contributed by atoms with Crippen LogP contribution in [0, 0.1) is 11.3 Å². The number of nitrogens with zero attached hydrogens (tertiary/aromatic N) is 3. The van der Waals surface area contributed by atoms with Gasteiger partial charge in [0.05, 0.1) is 18.0 Å². The lowest BCUT2D eigenvalue weighted by atomic mass is 10.2. The Labute approximate surface area is 85.5 Å². The standard InChI is InChI=1S/C9H7ClN4/c10-8-2-1-3-9-13-5-7(14(8)9)6(12)4-11/h1-3,5-6H,12H2. The fraction of sp³-hybridized carbons (Fsp3) is 0.111. The molecule has 14 heavy (non-hydrogen) atoms. The first-order valence-electron chi connectivity index (χ1n) is 4.01. The third-order valence-corrected chi connectivity index (χ3v) is 2.26. The van der Waals surface area contributed by atoms with E-state index in [9.17, 15) is 0 Å². The molecule has 1 atom stereocenters. The number of halogens is 1. The number of aromatic nitrogens is 2. The summed E-state index contributed by atoms with van der Waals surface area (Å²) in [6, 6.07) is 6.57. The third kappa shape index (κ3) is 1.23. The molecule has 2 N–H and O–H groups in total. The summed E-state index contributed by atoms with van der Waals surface area (Å²) in [6.45, 7) is 0.